The Morgan fingerprint density at radius 1 is 1.35 bits per heavy atom. The lowest BCUT2D eigenvalue weighted by atomic mass is 9.92. The summed E-state index contributed by atoms with van der Waals surface area (Å²) in [6, 6.07) is 7.37. The van der Waals surface area contributed by atoms with E-state index in [2.05, 4.69) is 12.2 Å². The highest BCUT2D eigenvalue weighted by Crippen LogP contribution is 2.39. The maximum atomic E-state index is 12.8. The molecule has 1 heterocycles. The highest BCUT2D eigenvalue weighted by atomic mass is 16.5. The van der Waals surface area contributed by atoms with E-state index in [0.29, 0.717) is 13.1 Å². The molecule has 1 aliphatic rings. The minimum absolute atomic E-state index is 0.0337. The molecule has 2 unspecified atom stereocenters. The zero-order valence-corrected chi connectivity index (χ0v) is 16.2. The van der Waals surface area contributed by atoms with Crippen LogP contribution in [0.1, 0.15) is 51.6 Å². The Bertz CT molecular complexity index is 622. The minimum atomic E-state index is -0.490. The summed E-state index contributed by atoms with van der Waals surface area (Å²) in [5.74, 6) is 0.266. The molecule has 0 aliphatic carbocycles. The first-order chi connectivity index (χ1) is 12.3. The quantitative estimate of drug-likeness (QED) is 0.744. The van der Waals surface area contributed by atoms with Crippen molar-refractivity contribution in [2.75, 3.05) is 20.2 Å². The van der Waals surface area contributed by atoms with Gasteiger partial charge in [-0.2, -0.15) is 0 Å². The molecule has 3 N–H and O–H groups in total. The third-order valence-electron chi connectivity index (χ3n) is 4.70. The van der Waals surface area contributed by atoms with Crippen molar-refractivity contribution in [1.29, 1.82) is 0 Å². The first-order valence-corrected chi connectivity index (χ1v) is 9.27. The van der Waals surface area contributed by atoms with E-state index in [1.54, 1.807) is 7.11 Å². The Labute approximate surface area is 156 Å². The second-order valence-corrected chi connectivity index (χ2v) is 7.68. The Balaban J connectivity index is 2.26. The van der Waals surface area contributed by atoms with E-state index >= 15 is 0 Å². The van der Waals surface area contributed by atoms with Crippen molar-refractivity contribution >= 4 is 11.8 Å². The topological polar surface area (TPSA) is 84.7 Å². The number of amides is 2. The number of carbonyl (C=O) groups excluding carboxylic acids is 2. The first kappa shape index (κ1) is 20.2. The second kappa shape index (κ2) is 8.54. The van der Waals surface area contributed by atoms with E-state index in [-0.39, 0.29) is 24.3 Å². The maximum absolute atomic E-state index is 12.8. The minimum Gasteiger partial charge on any atom is -0.497 e. The summed E-state index contributed by atoms with van der Waals surface area (Å²) in [6.45, 7) is 6.86. The Hall–Kier alpha value is -2.08. The fourth-order valence-corrected chi connectivity index (χ4v) is 3.28. The number of rotatable bonds is 8. The Kier molecular flexibility index (Phi) is 6.64. The van der Waals surface area contributed by atoms with Crippen molar-refractivity contribution in [2.45, 2.75) is 51.6 Å². The molecule has 1 aromatic rings. The Morgan fingerprint density at radius 3 is 2.54 bits per heavy atom. The van der Waals surface area contributed by atoms with Crippen molar-refractivity contribution in [3.8, 4) is 5.75 Å². The molecule has 0 saturated carbocycles. The molecule has 2 atom stereocenters. The van der Waals surface area contributed by atoms with Crippen LogP contribution in [0.2, 0.25) is 0 Å². The van der Waals surface area contributed by atoms with Crippen LogP contribution in [-0.2, 0) is 9.59 Å². The van der Waals surface area contributed by atoms with E-state index in [9.17, 15) is 9.59 Å². The smallest absolute Gasteiger partial charge is 0.226 e. The van der Waals surface area contributed by atoms with Crippen LogP contribution in [0.15, 0.2) is 24.3 Å². The number of hydrogen-bond donors (Lipinski definition) is 2. The molecule has 144 valence electrons. The summed E-state index contributed by atoms with van der Waals surface area (Å²) >= 11 is 0. The van der Waals surface area contributed by atoms with E-state index in [0.717, 1.165) is 24.2 Å². The van der Waals surface area contributed by atoms with Crippen LogP contribution >= 0.6 is 0 Å². The summed E-state index contributed by atoms with van der Waals surface area (Å²) in [4.78, 5) is 27.2. The second-order valence-electron chi connectivity index (χ2n) is 7.68. The standard InChI is InChI=1S/C20H31N3O3/c1-5-6-11-23-17(24)12-16(19(25)22-13-20(2,3)21)18(23)14-7-9-15(26-4)10-8-14/h7-10,16,18H,5-6,11-13,21H2,1-4H3,(H,22,25). The number of carbonyl (C=O) groups is 2. The van der Waals surface area contributed by atoms with E-state index < -0.39 is 11.5 Å². The van der Waals surface area contributed by atoms with Gasteiger partial charge in [-0.15, -0.1) is 0 Å². The molecule has 1 fully saturated rings. The highest BCUT2D eigenvalue weighted by molar-refractivity contribution is 5.90. The molecule has 6 heteroatoms. The fraction of sp³-hybridized carbons (Fsp3) is 0.600. The van der Waals surface area contributed by atoms with Gasteiger partial charge in [0, 0.05) is 25.0 Å². The van der Waals surface area contributed by atoms with Crippen LogP contribution in [0.5, 0.6) is 5.75 Å². The molecular weight excluding hydrogens is 330 g/mol. The zero-order valence-electron chi connectivity index (χ0n) is 16.2. The molecule has 6 nitrogen and oxygen atoms in total. The van der Waals surface area contributed by atoms with Gasteiger partial charge in [0.1, 0.15) is 5.75 Å². The Morgan fingerprint density at radius 2 is 2.00 bits per heavy atom. The lowest BCUT2D eigenvalue weighted by Crippen LogP contribution is -2.47. The lowest BCUT2D eigenvalue weighted by Gasteiger charge is -2.29. The SMILES string of the molecule is CCCCN1C(=O)CC(C(=O)NCC(C)(C)N)C1c1ccc(OC)cc1. The van der Waals surface area contributed by atoms with Crippen LogP contribution in [0.3, 0.4) is 0 Å². The number of benzene rings is 1. The van der Waals surface area contributed by atoms with Crippen molar-refractivity contribution < 1.29 is 14.3 Å². The monoisotopic (exact) mass is 361 g/mol. The van der Waals surface area contributed by atoms with Gasteiger partial charge in [0.15, 0.2) is 0 Å². The average Bonchev–Trinajstić information content (AvgIpc) is 2.93. The van der Waals surface area contributed by atoms with Gasteiger partial charge in [-0.1, -0.05) is 25.5 Å². The molecule has 0 radical (unpaired) electrons. The molecule has 26 heavy (non-hydrogen) atoms. The summed E-state index contributed by atoms with van der Waals surface area (Å²) < 4.78 is 5.22. The van der Waals surface area contributed by atoms with Gasteiger partial charge in [-0.25, -0.2) is 0 Å². The number of nitrogens with one attached hydrogen (secondary N) is 1. The molecular formula is C20H31N3O3. The maximum Gasteiger partial charge on any atom is 0.226 e. The van der Waals surface area contributed by atoms with Crippen LogP contribution in [-0.4, -0.2) is 42.5 Å². The van der Waals surface area contributed by atoms with Gasteiger partial charge in [0.2, 0.25) is 11.8 Å². The van der Waals surface area contributed by atoms with Crippen LogP contribution in [0.25, 0.3) is 0 Å². The molecule has 1 aliphatic heterocycles. The summed E-state index contributed by atoms with van der Waals surface area (Å²) in [5, 5.41) is 2.92. The van der Waals surface area contributed by atoms with Gasteiger partial charge in [0.25, 0.3) is 0 Å². The van der Waals surface area contributed by atoms with Crippen molar-refractivity contribution in [3.05, 3.63) is 29.8 Å². The number of hydrogen-bond acceptors (Lipinski definition) is 4. The molecule has 0 spiro atoms. The van der Waals surface area contributed by atoms with Gasteiger partial charge in [-0.3, -0.25) is 9.59 Å². The molecule has 1 saturated heterocycles. The van der Waals surface area contributed by atoms with Gasteiger partial charge < -0.3 is 20.7 Å². The van der Waals surface area contributed by atoms with Crippen molar-refractivity contribution in [3.63, 3.8) is 0 Å². The summed E-state index contributed by atoms with van der Waals surface area (Å²) in [7, 11) is 1.62. The number of nitrogens with two attached hydrogens (primary N) is 1. The summed E-state index contributed by atoms with van der Waals surface area (Å²) in [5.41, 5.74) is 6.44. The third-order valence-corrected chi connectivity index (χ3v) is 4.70. The largest absolute Gasteiger partial charge is 0.497 e. The van der Waals surface area contributed by atoms with Gasteiger partial charge >= 0.3 is 0 Å². The number of ether oxygens (including phenoxy) is 1. The van der Waals surface area contributed by atoms with Gasteiger partial charge in [0.05, 0.1) is 19.1 Å². The molecule has 0 bridgehead atoms. The van der Waals surface area contributed by atoms with Crippen LogP contribution in [0.4, 0.5) is 0 Å². The number of nitrogens with zero attached hydrogens (tertiary/aromatic N) is 1. The zero-order chi connectivity index (χ0) is 19.3. The third kappa shape index (κ3) is 4.97. The predicted molar refractivity (Wildman–Crippen MR) is 102 cm³/mol. The molecule has 0 aromatic heterocycles. The van der Waals surface area contributed by atoms with Crippen molar-refractivity contribution in [2.24, 2.45) is 11.7 Å². The number of likely N-dealkylation sites (tertiary alicyclic amines) is 1. The van der Waals surface area contributed by atoms with E-state index in [4.69, 9.17) is 10.5 Å². The predicted octanol–water partition coefficient (Wildman–Crippen LogP) is 2.24. The molecule has 2 rings (SSSR count). The fourth-order valence-electron chi connectivity index (χ4n) is 3.28. The summed E-state index contributed by atoms with van der Waals surface area (Å²) in [6.07, 6.45) is 2.15. The lowest BCUT2D eigenvalue weighted by molar-refractivity contribution is -0.129. The number of methoxy groups -OCH3 is 1. The number of unbranched alkanes of at least 4 members (excludes halogenated alkanes) is 1. The average molecular weight is 361 g/mol. The van der Waals surface area contributed by atoms with Gasteiger partial charge in [-0.05, 0) is 38.0 Å². The normalized spacial score (nSPS) is 20.3. The van der Waals surface area contributed by atoms with E-state index in [1.165, 1.54) is 0 Å². The van der Waals surface area contributed by atoms with E-state index in [1.807, 2.05) is 43.0 Å². The molecule has 1 aromatic carbocycles. The highest BCUT2D eigenvalue weighted by Gasteiger charge is 2.44. The van der Waals surface area contributed by atoms with Crippen LogP contribution in [0, 0.1) is 5.92 Å². The van der Waals surface area contributed by atoms with Crippen LogP contribution < -0.4 is 15.8 Å². The molecule has 2 amide bonds. The first-order valence-electron chi connectivity index (χ1n) is 9.27. The van der Waals surface area contributed by atoms with Crippen molar-refractivity contribution in [1.82, 2.24) is 10.2 Å².